The molecule has 0 radical (unpaired) electrons. The molecule has 0 fully saturated rings. The molecule has 0 aliphatic carbocycles. The minimum Gasteiger partial charge on any atom is -0.332 e. The maximum absolute atomic E-state index is 4.65. The molecule has 2 aromatic heterocycles. The van der Waals surface area contributed by atoms with Crippen LogP contribution in [0.25, 0.3) is 11.3 Å². The second kappa shape index (κ2) is 6.68. The van der Waals surface area contributed by atoms with Crippen LogP contribution >= 0.6 is 11.3 Å². The highest BCUT2D eigenvalue weighted by atomic mass is 32.1. The molecular weight excluding hydrogens is 316 g/mol. The smallest absolute Gasteiger partial charge is 0.187 e. The largest absolute Gasteiger partial charge is 0.332 e. The average Bonchev–Trinajstić information content (AvgIpc) is 3.26. The standard InChI is InChI=1S/C19H16N4S/c1-3-7-15(8-4-1)12-23-13-16(11-20-23)18-14-24-19(22-18)21-17-9-5-2-6-10-17/h1-11,13-14H,12H2,(H,21,22). The lowest BCUT2D eigenvalue weighted by molar-refractivity contribution is 0.687. The van der Waals surface area contributed by atoms with E-state index in [1.54, 1.807) is 11.3 Å². The Morgan fingerprint density at radius 1 is 0.958 bits per heavy atom. The zero-order valence-electron chi connectivity index (χ0n) is 13.0. The molecule has 0 atom stereocenters. The van der Waals surface area contributed by atoms with Crippen LogP contribution in [-0.4, -0.2) is 14.8 Å². The highest BCUT2D eigenvalue weighted by Crippen LogP contribution is 2.26. The summed E-state index contributed by atoms with van der Waals surface area (Å²) in [7, 11) is 0. The summed E-state index contributed by atoms with van der Waals surface area (Å²) in [5.74, 6) is 0. The molecule has 4 nitrogen and oxygen atoms in total. The van der Waals surface area contributed by atoms with Crippen LogP contribution in [0.4, 0.5) is 10.8 Å². The SMILES string of the molecule is c1ccc(Cn2cc(-c3csc(Nc4ccccc4)n3)cn2)cc1. The zero-order valence-corrected chi connectivity index (χ0v) is 13.8. The molecule has 24 heavy (non-hydrogen) atoms. The lowest BCUT2D eigenvalue weighted by Crippen LogP contribution is -1.99. The van der Waals surface area contributed by atoms with Crippen molar-refractivity contribution in [3.05, 3.63) is 84.0 Å². The molecule has 5 heteroatoms. The number of hydrogen-bond donors (Lipinski definition) is 1. The molecule has 2 aromatic carbocycles. The molecule has 0 saturated carbocycles. The Kier molecular flexibility index (Phi) is 4.08. The molecule has 1 N–H and O–H groups in total. The molecule has 0 aliphatic heterocycles. The van der Waals surface area contributed by atoms with Gasteiger partial charge in [0.2, 0.25) is 0 Å². The van der Waals surface area contributed by atoms with Crippen molar-refractivity contribution in [2.24, 2.45) is 0 Å². The fourth-order valence-corrected chi connectivity index (χ4v) is 3.20. The average molecular weight is 332 g/mol. The van der Waals surface area contributed by atoms with Crippen LogP contribution in [-0.2, 0) is 6.54 Å². The second-order valence-corrected chi connectivity index (χ2v) is 6.30. The van der Waals surface area contributed by atoms with Gasteiger partial charge in [0.15, 0.2) is 5.13 Å². The Bertz CT molecular complexity index is 835. The first-order valence-corrected chi connectivity index (χ1v) is 8.59. The van der Waals surface area contributed by atoms with Crippen molar-refractivity contribution in [3.8, 4) is 11.3 Å². The number of para-hydroxylation sites is 1. The van der Waals surface area contributed by atoms with Gasteiger partial charge in [-0.1, -0.05) is 48.5 Å². The number of rotatable bonds is 5. The van der Waals surface area contributed by atoms with Gasteiger partial charge in [0.05, 0.1) is 18.4 Å². The topological polar surface area (TPSA) is 42.7 Å². The van der Waals surface area contributed by atoms with Gasteiger partial charge >= 0.3 is 0 Å². The highest BCUT2D eigenvalue weighted by molar-refractivity contribution is 7.14. The van der Waals surface area contributed by atoms with Crippen LogP contribution in [0.3, 0.4) is 0 Å². The Labute approximate surface area is 144 Å². The number of nitrogens with one attached hydrogen (secondary N) is 1. The molecule has 0 unspecified atom stereocenters. The molecule has 2 heterocycles. The van der Waals surface area contributed by atoms with Gasteiger partial charge < -0.3 is 5.32 Å². The summed E-state index contributed by atoms with van der Waals surface area (Å²) < 4.78 is 1.94. The van der Waals surface area contributed by atoms with Crippen LogP contribution in [0, 0.1) is 0 Å². The van der Waals surface area contributed by atoms with E-state index >= 15 is 0 Å². The highest BCUT2D eigenvalue weighted by Gasteiger charge is 2.07. The Morgan fingerprint density at radius 2 is 1.71 bits per heavy atom. The number of aromatic nitrogens is 3. The minimum atomic E-state index is 0.764. The third-order valence-electron chi connectivity index (χ3n) is 3.65. The fourth-order valence-electron chi connectivity index (χ4n) is 2.46. The first-order chi connectivity index (χ1) is 11.9. The molecule has 0 saturated heterocycles. The Balaban J connectivity index is 1.49. The molecule has 0 amide bonds. The van der Waals surface area contributed by atoms with Crippen molar-refractivity contribution >= 4 is 22.2 Å². The van der Waals surface area contributed by atoms with Crippen LogP contribution in [0.5, 0.6) is 0 Å². The van der Waals surface area contributed by atoms with E-state index in [1.165, 1.54) is 5.56 Å². The normalized spacial score (nSPS) is 10.7. The summed E-state index contributed by atoms with van der Waals surface area (Å²) in [5, 5.41) is 10.7. The number of anilines is 2. The second-order valence-electron chi connectivity index (χ2n) is 5.44. The molecule has 4 aromatic rings. The Hall–Kier alpha value is -2.92. The van der Waals surface area contributed by atoms with Gasteiger partial charge in [-0.25, -0.2) is 4.98 Å². The first kappa shape index (κ1) is 14.7. The van der Waals surface area contributed by atoms with Crippen LogP contribution in [0.15, 0.2) is 78.4 Å². The van der Waals surface area contributed by atoms with Crippen molar-refractivity contribution in [3.63, 3.8) is 0 Å². The van der Waals surface area contributed by atoms with Crippen molar-refractivity contribution < 1.29 is 0 Å². The van der Waals surface area contributed by atoms with Gasteiger partial charge in [-0.05, 0) is 17.7 Å². The summed E-state index contributed by atoms with van der Waals surface area (Å²) in [5.41, 5.74) is 4.25. The van der Waals surface area contributed by atoms with Gasteiger partial charge in [-0.15, -0.1) is 11.3 Å². The van der Waals surface area contributed by atoms with Gasteiger partial charge in [0.25, 0.3) is 0 Å². The molecule has 0 bridgehead atoms. The fraction of sp³-hybridized carbons (Fsp3) is 0.0526. The molecular formula is C19H16N4S. The molecule has 4 rings (SSSR count). The quantitative estimate of drug-likeness (QED) is 0.571. The van der Waals surface area contributed by atoms with E-state index in [4.69, 9.17) is 0 Å². The lowest BCUT2D eigenvalue weighted by Gasteiger charge is -2.01. The van der Waals surface area contributed by atoms with Crippen LogP contribution in [0.2, 0.25) is 0 Å². The number of nitrogens with zero attached hydrogens (tertiary/aromatic N) is 3. The lowest BCUT2D eigenvalue weighted by atomic mass is 10.2. The summed E-state index contributed by atoms with van der Waals surface area (Å²) in [4.78, 5) is 4.65. The van der Waals surface area contributed by atoms with E-state index in [1.807, 2.05) is 65.6 Å². The number of thiazole rings is 1. The third-order valence-corrected chi connectivity index (χ3v) is 4.40. The van der Waals surface area contributed by atoms with Gasteiger partial charge in [-0.3, -0.25) is 4.68 Å². The van der Waals surface area contributed by atoms with Crippen LogP contribution < -0.4 is 5.32 Å². The summed E-state index contributed by atoms with van der Waals surface area (Å²) in [6, 6.07) is 20.4. The van der Waals surface area contributed by atoms with E-state index in [-0.39, 0.29) is 0 Å². The van der Waals surface area contributed by atoms with E-state index in [0.29, 0.717) is 0 Å². The predicted octanol–water partition coefficient (Wildman–Crippen LogP) is 4.80. The summed E-state index contributed by atoms with van der Waals surface area (Å²) in [6.07, 6.45) is 3.90. The summed E-state index contributed by atoms with van der Waals surface area (Å²) in [6.45, 7) is 0.764. The molecule has 0 spiro atoms. The van der Waals surface area contributed by atoms with Crippen molar-refractivity contribution in [1.29, 1.82) is 0 Å². The Morgan fingerprint density at radius 3 is 2.50 bits per heavy atom. The predicted molar refractivity (Wildman–Crippen MR) is 98.6 cm³/mol. The molecule has 0 aliphatic rings. The van der Waals surface area contributed by atoms with E-state index < -0.39 is 0 Å². The van der Waals surface area contributed by atoms with E-state index in [2.05, 4.69) is 32.9 Å². The zero-order chi connectivity index (χ0) is 16.2. The van der Waals surface area contributed by atoms with Gasteiger partial charge in [0, 0.05) is 22.8 Å². The van der Waals surface area contributed by atoms with Crippen molar-refractivity contribution in [2.75, 3.05) is 5.32 Å². The minimum absolute atomic E-state index is 0.764. The maximum Gasteiger partial charge on any atom is 0.187 e. The van der Waals surface area contributed by atoms with Crippen molar-refractivity contribution in [2.45, 2.75) is 6.54 Å². The van der Waals surface area contributed by atoms with Gasteiger partial charge in [-0.2, -0.15) is 5.10 Å². The molecule has 118 valence electrons. The summed E-state index contributed by atoms with van der Waals surface area (Å²) >= 11 is 1.59. The third kappa shape index (κ3) is 3.36. The van der Waals surface area contributed by atoms with E-state index in [0.717, 1.165) is 28.6 Å². The van der Waals surface area contributed by atoms with Crippen molar-refractivity contribution in [1.82, 2.24) is 14.8 Å². The number of benzene rings is 2. The first-order valence-electron chi connectivity index (χ1n) is 7.71. The van der Waals surface area contributed by atoms with Gasteiger partial charge in [0.1, 0.15) is 0 Å². The van der Waals surface area contributed by atoms with Crippen LogP contribution in [0.1, 0.15) is 5.56 Å². The monoisotopic (exact) mass is 332 g/mol. The maximum atomic E-state index is 4.65. The van der Waals surface area contributed by atoms with E-state index in [9.17, 15) is 0 Å². The number of hydrogen-bond acceptors (Lipinski definition) is 4.